The standard InChI is InChI=1S/C11H14ClIN2O/c12-10-9(13)11(16)15(7-14-10)6-8-4-2-1-3-5-8/h7-8H,1-6H2. The summed E-state index contributed by atoms with van der Waals surface area (Å²) in [6.07, 6.45) is 7.94. The van der Waals surface area contributed by atoms with Gasteiger partial charge in [0.15, 0.2) is 0 Å². The minimum Gasteiger partial charge on any atom is -0.298 e. The number of hydrogen-bond acceptors (Lipinski definition) is 2. The predicted molar refractivity (Wildman–Crippen MR) is 72.8 cm³/mol. The van der Waals surface area contributed by atoms with Crippen molar-refractivity contribution in [2.75, 3.05) is 0 Å². The molecule has 1 fully saturated rings. The second-order valence-corrected chi connectivity index (χ2v) is 5.75. The Labute approximate surface area is 113 Å². The van der Waals surface area contributed by atoms with Crippen molar-refractivity contribution in [3.05, 3.63) is 25.4 Å². The highest BCUT2D eigenvalue weighted by molar-refractivity contribution is 14.1. The van der Waals surface area contributed by atoms with E-state index in [1.165, 1.54) is 32.1 Å². The lowest BCUT2D eigenvalue weighted by Crippen LogP contribution is -2.27. The molecule has 16 heavy (non-hydrogen) atoms. The van der Waals surface area contributed by atoms with Crippen LogP contribution in [0.15, 0.2) is 11.1 Å². The number of halogens is 2. The Balaban J connectivity index is 2.15. The van der Waals surface area contributed by atoms with E-state index in [4.69, 9.17) is 11.6 Å². The van der Waals surface area contributed by atoms with Crippen molar-refractivity contribution in [1.82, 2.24) is 9.55 Å². The molecular formula is C11H14ClIN2O. The maximum Gasteiger partial charge on any atom is 0.268 e. The molecule has 5 heteroatoms. The second kappa shape index (κ2) is 5.49. The van der Waals surface area contributed by atoms with E-state index < -0.39 is 0 Å². The molecule has 1 aliphatic rings. The molecule has 0 unspecified atom stereocenters. The topological polar surface area (TPSA) is 34.9 Å². The maximum absolute atomic E-state index is 11.9. The largest absolute Gasteiger partial charge is 0.298 e. The number of nitrogens with zero attached hydrogens (tertiary/aromatic N) is 2. The smallest absolute Gasteiger partial charge is 0.268 e. The molecule has 0 spiro atoms. The summed E-state index contributed by atoms with van der Waals surface area (Å²) in [5, 5.41) is 0.311. The Morgan fingerprint density at radius 1 is 1.44 bits per heavy atom. The van der Waals surface area contributed by atoms with Crippen LogP contribution in [0.1, 0.15) is 32.1 Å². The Kier molecular flexibility index (Phi) is 4.24. The monoisotopic (exact) mass is 352 g/mol. The third-order valence-corrected chi connectivity index (χ3v) is 4.70. The molecule has 1 aromatic rings. The van der Waals surface area contributed by atoms with Gasteiger partial charge in [0.05, 0.1) is 6.33 Å². The van der Waals surface area contributed by atoms with E-state index in [1.54, 1.807) is 10.9 Å². The molecule has 1 heterocycles. The van der Waals surface area contributed by atoms with Crippen molar-refractivity contribution in [2.45, 2.75) is 38.6 Å². The lowest BCUT2D eigenvalue weighted by atomic mass is 9.89. The molecule has 1 saturated carbocycles. The average Bonchev–Trinajstić information content (AvgIpc) is 2.31. The molecule has 1 aromatic heterocycles. The Bertz CT molecular complexity index is 426. The predicted octanol–water partition coefficient (Wildman–Crippen LogP) is 3.08. The van der Waals surface area contributed by atoms with Crippen LogP contribution in [0.25, 0.3) is 0 Å². The molecule has 0 aromatic carbocycles. The molecule has 0 atom stereocenters. The molecule has 0 radical (unpaired) electrons. The second-order valence-electron chi connectivity index (χ2n) is 4.31. The van der Waals surface area contributed by atoms with Crippen LogP contribution in [-0.2, 0) is 6.54 Å². The van der Waals surface area contributed by atoms with Crippen LogP contribution in [0, 0.1) is 9.49 Å². The van der Waals surface area contributed by atoms with Crippen molar-refractivity contribution in [3.63, 3.8) is 0 Å². The molecule has 0 bridgehead atoms. The minimum atomic E-state index is -0.00817. The van der Waals surface area contributed by atoms with Gasteiger partial charge in [-0.05, 0) is 41.4 Å². The molecule has 88 valence electrons. The molecule has 1 aliphatic carbocycles. The minimum absolute atomic E-state index is 0.00817. The van der Waals surface area contributed by atoms with Gasteiger partial charge in [-0.25, -0.2) is 4.98 Å². The third kappa shape index (κ3) is 2.77. The fourth-order valence-corrected chi connectivity index (χ4v) is 2.80. The van der Waals surface area contributed by atoms with Gasteiger partial charge < -0.3 is 0 Å². The Hall–Kier alpha value is -0.100. The fraction of sp³-hybridized carbons (Fsp3) is 0.636. The first kappa shape index (κ1) is 12.4. The van der Waals surface area contributed by atoms with Gasteiger partial charge in [-0.1, -0.05) is 30.9 Å². The Morgan fingerprint density at radius 2 is 2.12 bits per heavy atom. The van der Waals surface area contributed by atoms with Gasteiger partial charge in [0, 0.05) is 6.54 Å². The van der Waals surface area contributed by atoms with E-state index >= 15 is 0 Å². The van der Waals surface area contributed by atoms with E-state index in [9.17, 15) is 4.79 Å². The van der Waals surface area contributed by atoms with E-state index in [2.05, 4.69) is 4.98 Å². The third-order valence-electron chi connectivity index (χ3n) is 3.12. The van der Waals surface area contributed by atoms with E-state index in [0.29, 0.717) is 14.6 Å². The molecule has 0 amide bonds. The number of hydrogen-bond donors (Lipinski definition) is 0. The number of rotatable bonds is 2. The van der Waals surface area contributed by atoms with Gasteiger partial charge in [0.1, 0.15) is 8.72 Å². The van der Waals surface area contributed by atoms with Crippen LogP contribution in [0.3, 0.4) is 0 Å². The number of aromatic nitrogens is 2. The highest BCUT2D eigenvalue weighted by Gasteiger charge is 2.15. The van der Waals surface area contributed by atoms with Gasteiger partial charge in [0.25, 0.3) is 5.56 Å². The maximum atomic E-state index is 11.9. The summed E-state index contributed by atoms with van der Waals surface area (Å²) in [6, 6.07) is 0. The molecule has 0 aliphatic heterocycles. The zero-order chi connectivity index (χ0) is 11.5. The molecule has 2 rings (SSSR count). The first-order valence-corrected chi connectivity index (χ1v) is 7.04. The summed E-state index contributed by atoms with van der Waals surface area (Å²) in [5.74, 6) is 0.630. The van der Waals surface area contributed by atoms with Crippen LogP contribution >= 0.6 is 34.2 Å². The normalized spacial score (nSPS) is 17.6. The van der Waals surface area contributed by atoms with Crippen LogP contribution in [0.2, 0.25) is 5.15 Å². The van der Waals surface area contributed by atoms with E-state index in [1.807, 2.05) is 22.6 Å². The van der Waals surface area contributed by atoms with Crippen molar-refractivity contribution in [2.24, 2.45) is 5.92 Å². The van der Waals surface area contributed by atoms with Gasteiger partial charge in [-0.15, -0.1) is 0 Å². The first-order valence-electron chi connectivity index (χ1n) is 5.59. The summed E-state index contributed by atoms with van der Waals surface area (Å²) >= 11 is 7.76. The van der Waals surface area contributed by atoms with Gasteiger partial charge in [-0.3, -0.25) is 9.36 Å². The van der Waals surface area contributed by atoms with Crippen LogP contribution < -0.4 is 5.56 Å². The summed E-state index contributed by atoms with van der Waals surface area (Å²) in [7, 11) is 0. The van der Waals surface area contributed by atoms with Crippen LogP contribution in [0.5, 0.6) is 0 Å². The zero-order valence-corrected chi connectivity index (χ0v) is 11.9. The van der Waals surface area contributed by atoms with Gasteiger partial charge in [-0.2, -0.15) is 0 Å². The fourth-order valence-electron chi connectivity index (χ4n) is 2.22. The van der Waals surface area contributed by atoms with Crippen molar-refractivity contribution in [1.29, 1.82) is 0 Å². The Morgan fingerprint density at radius 3 is 2.81 bits per heavy atom. The average molecular weight is 353 g/mol. The van der Waals surface area contributed by atoms with E-state index in [0.717, 1.165) is 6.54 Å². The van der Waals surface area contributed by atoms with Crippen molar-refractivity contribution in [3.8, 4) is 0 Å². The van der Waals surface area contributed by atoms with E-state index in [-0.39, 0.29) is 5.56 Å². The summed E-state index contributed by atoms with van der Waals surface area (Å²) in [6.45, 7) is 0.791. The highest BCUT2D eigenvalue weighted by atomic mass is 127. The van der Waals surface area contributed by atoms with Gasteiger partial charge in [0.2, 0.25) is 0 Å². The van der Waals surface area contributed by atoms with Crippen molar-refractivity contribution >= 4 is 34.2 Å². The summed E-state index contributed by atoms with van der Waals surface area (Å²) < 4.78 is 2.22. The first-order chi connectivity index (χ1) is 7.68. The lowest BCUT2D eigenvalue weighted by molar-refractivity contribution is 0.314. The quantitative estimate of drug-likeness (QED) is 0.605. The zero-order valence-electron chi connectivity index (χ0n) is 8.96. The van der Waals surface area contributed by atoms with Gasteiger partial charge >= 0.3 is 0 Å². The molecule has 3 nitrogen and oxygen atoms in total. The molecule has 0 N–H and O–H groups in total. The summed E-state index contributed by atoms with van der Waals surface area (Å²) in [5.41, 5.74) is -0.00817. The lowest BCUT2D eigenvalue weighted by Gasteiger charge is -2.22. The molecular weight excluding hydrogens is 338 g/mol. The molecule has 0 saturated heterocycles. The summed E-state index contributed by atoms with van der Waals surface area (Å²) in [4.78, 5) is 15.9. The van der Waals surface area contributed by atoms with Crippen LogP contribution in [0.4, 0.5) is 0 Å². The van der Waals surface area contributed by atoms with Crippen molar-refractivity contribution < 1.29 is 0 Å². The van der Waals surface area contributed by atoms with Crippen LogP contribution in [-0.4, -0.2) is 9.55 Å². The highest BCUT2D eigenvalue weighted by Crippen LogP contribution is 2.24. The SMILES string of the molecule is O=c1c(I)c(Cl)ncn1CC1CCCCC1.